The number of rotatable bonds is 3. The van der Waals surface area contributed by atoms with E-state index < -0.39 is 5.41 Å². The highest BCUT2D eigenvalue weighted by Crippen LogP contribution is 2.39. The summed E-state index contributed by atoms with van der Waals surface area (Å²) in [6.45, 7) is 8.63. The molecule has 0 spiro atoms. The molecular weight excluding hydrogens is 218 g/mol. The van der Waals surface area contributed by atoms with Crippen molar-refractivity contribution in [1.82, 2.24) is 5.32 Å². The van der Waals surface area contributed by atoms with E-state index >= 15 is 0 Å². The quantitative estimate of drug-likeness (QED) is 0.769. The molecule has 1 aliphatic rings. The Labute approximate surface area is 106 Å². The lowest BCUT2D eigenvalue weighted by atomic mass is 9.68. The van der Waals surface area contributed by atoms with Gasteiger partial charge in [0.1, 0.15) is 5.41 Å². The van der Waals surface area contributed by atoms with E-state index in [-0.39, 0.29) is 12.8 Å². The molecule has 0 amide bonds. The highest BCUT2D eigenvalue weighted by atomic mass is 16.5. The third kappa shape index (κ3) is 3.19. The molecule has 0 aromatic heterocycles. The minimum absolute atomic E-state index is 0. The molecule has 4 heteroatoms. The fourth-order valence-corrected chi connectivity index (χ4v) is 2.53. The summed E-state index contributed by atoms with van der Waals surface area (Å²) in [5, 5.41) is 3.35. The number of hydrogen-bond donors (Lipinski definition) is 1. The number of methoxy groups -OCH3 is 2. The van der Waals surface area contributed by atoms with Crippen LogP contribution >= 0.6 is 0 Å². The fourth-order valence-electron chi connectivity index (χ4n) is 2.53. The predicted octanol–water partition coefficient (Wildman–Crippen LogP) is 1.69. The van der Waals surface area contributed by atoms with Gasteiger partial charge >= 0.3 is 5.97 Å². The van der Waals surface area contributed by atoms with Crippen LogP contribution in [0.1, 0.15) is 28.6 Å². The molecule has 1 aliphatic heterocycles. The number of piperidine rings is 1. The van der Waals surface area contributed by atoms with Crippen molar-refractivity contribution in [2.75, 3.05) is 33.9 Å². The van der Waals surface area contributed by atoms with Crippen LogP contribution in [0.4, 0.5) is 0 Å². The second-order valence-corrected chi connectivity index (χ2v) is 6.10. The Morgan fingerprint density at radius 2 is 2.12 bits per heavy atom. The second-order valence-electron chi connectivity index (χ2n) is 6.10. The summed E-state index contributed by atoms with van der Waals surface area (Å²) in [4.78, 5) is 12.0. The van der Waals surface area contributed by atoms with Gasteiger partial charge in [-0.25, -0.2) is 0 Å². The molecule has 0 aromatic carbocycles. The van der Waals surface area contributed by atoms with E-state index in [1.54, 1.807) is 7.11 Å². The van der Waals surface area contributed by atoms with Crippen LogP contribution in [0, 0.1) is 16.7 Å². The topological polar surface area (TPSA) is 47.6 Å². The first kappa shape index (κ1) is 14.5. The summed E-state index contributed by atoms with van der Waals surface area (Å²) in [6.07, 6.45) is 0.823. The Morgan fingerprint density at radius 3 is 2.59 bits per heavy atom. The maximum atomic E-state index is 12.0. The van der Waals surface area contributed by atoms with Gasteiger partial charge in [-0.1, -0.05) is 20.8 Å². The summed E-state index contributed by atoms with van der Waals surface area (Å²) < 4.78 is 10.2. The molecule has 1 N–H and O–H groups in total. The lowest BCUT2D eigenvalue weighted by Gasteiger charge is -2.43. The van der Waals surface area contributed by atoms with Crippen molar-refractivity contribution in [3.8, 4) is 0 Å². The van der Waals surface area contributed by atoms with Gasteiger partial charge < -0.3 is 14.8 Å². The van der Waals surface area contributed by atoms with Gasteiger partial charge in [0.25, 0.3) is 0 Å². The molecule has 0 aliphatic carbocycles. The summed E-state index contributed by atoms with van der Waals surface area (Å²) in [5.41, 5.74) is -0.347. The van der Waals surface area contributed by atoms with E-state index in [1.165, 1.54) is 7.11 Å². The Hall–Kier alpha value is -0.610. The highest BCUT2D eigenvalue weighted by Gasteiger charge is 2.46. The second kappa shape index (κ2) is 5.36. The average Bonchev–Trinajstić information content (AvgIpc) is 2.27. The zero-order chi connectivity index (χ0) is 13.1. The first-order valence-corrected chi connectivity index (χ1v) is 6.14. The fraction of sp³-hybridized carbons (Fsp3) is 0.923. The Balaban J connectivity index is 0.00000289. The van der Waals surface area contributed by atoms with Crippen LogP contribution in [0.15, 0.2) is 0 Å². The van der Waals surface area contributed by atoms with Crippen LogP contribution in [0.5, 0.6) is 0 Å². The van der Waals surface area contributed by atoms with E-state index in [2.05, 4.69) is 26.1 Å². The standard InChI is InChI=1S/C13H25NO3.H2/c1-12(2,3)10-6-13(9-16-4,8-14-7-10)11(15)17-5;/h10,14H,6-9H2,1-5H3;1H/t10-,13-;/m1./s1. The average molecular weight is 245 g/mol. The lowest BCUT2D eigenvalue weighted by Crippen LogP contribution is -2.54. The van der Waals surface area contributed by atoms with Gasteiger partial charge in [-0.05, 0) is 24.3 Å². The molecule has 17 heavy (non-hydrogen) atoms. The number of nitrogens with one attached hydrogen (secondary N) is 1. The van der Waals surface area contributed by atoms with Gasteiger partial charge in [-0.15, -0.1) is 0 Å². The minimum Gasteiger partial charge on any atom is -0.468 e. The summed E-state index contributed by atoms with van der Waals surface area (Å²) in [5.74, 6) is 0.284. The van der Waals surface area contributed by atoms with Crippen LogP contribution in [0.3, 0.4) is 0 Å². The van der Waals surface area contributed by atoms with E-state index in [1.807, 2.05) is 0 Å². The van der Waals surface area contributed by atoms with E-state index in [0.29, 0.717) is 19.1 Å². The van der Waals surface area contributed by atoms with Crippen molar-refractivity contribution in [3.05, 3.63) is 0 Å². The predicted molar refractivity (Wildman–Crippen MR) is 68.9 cm³/mol. The molecule has 0 unspecified atom stereocenters. The third-order valence-corrected chi connectivity index (χ3v) is 3.76. The Kier molecular flexibility index (Phi) is 4.55. The molecule has 0 saturated carbocycles. The maximum absolute atomic E-state index is 12.0. The van der Waals surface area contributed by atoms with Gasteiger partial charge in [-0.2, -0.15) is 0 Å². The molecule has 1 fully saturated rings. The van der Waals surface area contributed by atoms with Crippen LogP contribution in [0.25, 0.3) is 0 Å². The van der Waals surface area contributed by atoms with Crippen LogP contribution in [-0.4, -0.2) is 39.9 Å². The lowest BCUT2D eigenvalue weighted by molar-refractivity contribution is -0.159. The van der Waals surface area contributed by atoms with Crippen molar-refractivity contribution in [1.29, 1.82) is 0 Å². The molecule has 4 nitrogen and oxygen atoms in total. The van der Waals surface area contributed by atoms with Crippen molar-refractivity contribution >= 4 is 5.97 Å². The van der Waals surface area contributed by atoms with Crippen molar-refractivity contribution < 1.29 is 15.7 Å². The van der Waals surface area contributed by atoms with Crippen LogP contribution in [-0.2, 0) is 14.3 Å². The molecule has 0 radical (unpaired) electrons. The van der Waals surface area contributed by atoms with Crippen LogP contribution in [0.2, 0.25) is 0 Å². The molecular formula is C13H27NO3. The monoisotopic (exact) mass is 245 g/mol. The van der Waals surface area contributed by atoms with Gasteiger partial charge in [-0.3, -0.25) is 4.79 Å². The number of carbonyl (C=O) groups excluding carboxylic acids is 1. The maximum Gasteiger partial charge on any atom is 0.315 e. The molecule has 1 heterocycles. The van der Waals surface area contributed by atoms with Gasteiger partial charge in [0.05, 0.1) is 13.7 Å². The third-order valence-electron chi connectivity index (χ3n) is 3.76. The SMILES string of the molecule is COC[C@]1(C(=O)OC)CNC[C@H](C(C)(C)C)C1.[HH]. The van der Waals surface area contributed by atoms with Gasteiger partial charge in [0, 0.05) is 15.1 Å². The summed E-state index contributed by atoms with van der Waals surface area (Å²) in [6, 6.07) is 0. The number of esters is 1. The van der Waals surface area contributed by atoms with Crippen LogP contribution < -0.4 is 5.32 Å². The van der Waals surface area contributed by atoms with Gasteiger partial charge in [0.15, 0.2) is 0 Å². The largest absolute Gasteiger partial charge is 0.468 e. The summed E-state index contributed by atoms with van der Waals surface area (Å²) in [7, 11) is 3.08. The normalized spacial score (nSPS) is 30.1. The van der Waals surface area contributed by atoms with E-state index in [9.17, 15) is 4.79 Å². The highest BCUT2D eigenvalue weighted by molar-refractivity contribution is 5.77. The zero-order valence-electron chi connectivity index (χ0n) is 11.6. The molecule has 2 atom stereocenters. The summed E-state index contributed by atoms with van der Waals surface area (Å²) >= 11 is 0. The Morgan fingerprint density at radius 1 is 1.47 bits per heavy atom. The first-order valence-electron chi connectivity index (χ1n) is 6.14. The van der Waals surface area contributed by atoms with Crippen molar-refractivity contribution in [3.63, 3.8) is 0 Å². The zero-order valence-corrected chi connectivity index (χ0v) is 11.6. The molecule has 0 aromatic rings. The minimum atomic E-state index is -0.528. The molecule has 0 bridgehead atoms. The molecule has 1 rings (SSSR count). The molecule has 102 valence electrons. The number of ether oxygens (including phenoxy) is 2. The first-order chi connectivity index (χ1) is 7.85. The molecule has 1 saturated heterocycles. The van der Waals surface area contributed by atoms with Crippen molar-refractivity contribution in [2.45, 2.75) is 27.2 Å². The van der Waals surface area contributed by atoms with Crippen molar-refractivity contribution in [2.24, 2.45) is 16.7 Å². The smallest absolute Gasteiger partial charge is 0.315 e. The number of carbonyl (C=O) groups is 1. The van der Waals surface area contributed by atoms with E-state index in [0.717, 1.165) is 13.0 Å². The van der Waals surface area contributed by atoms with E-state index in [4.69, 9.17) is 9.47 Å². The number of hydrogen-bond acceptors (Lipinski definition) is 4. The Bertz CT molecular complexity index is 274. The van der Waals surface area contributed by atoms with Gasteiger partial charge in [0.2, 0.25) is 0 Å².